The van der Waals surface area contributed by atoms with Gasteiger partial charge in [-0.3, -0.25) is 25.0 Å². The van der Waals surface area contributed by atoms with Crippen LogP contribution in [0.15, 0.2) is 59.7 Å². The first-order valence-electron chi connectivity index (χ1n) is 8.80. The number of rotatable bonds is 5. The molecule has 2 aromatic rings. The average molecular weight is 445 g/mol. The van der Waals surface area contributed by atoms with E-state index in [0.29, 0.717) is 11.1 Å². The van der Waals surface area contributed by atoms with Crippen LogP contribution in [0.1, 0.15) is 11.1 Å². The molecule has 11 nitrogen and oxygen atoms in total. The minimum atomic E-state index is -4.67. The van der Waals surface area contributed by atoms with E-state index in [9.17, 15) is 39.4 Å². The topological polar surface area (TPSA) is 164 Å². The summed E-state index contributed by atoms with van der Waals surface area (Å²) in [6.07, 6.45) is 2.83. The van der Waals surface area contributed by atoms with Gasteiger partial charge in [-0.25, -0.2) is 4.57 Å². The Morgan fingerprint density at radius 2 is 1.16 bits per heavy atom. The van der Waals surface area contributed by atoms with Crippen LogP contribution in [0.5, 0.6) is 0 Å². The van der Waals surface area contributed by atoms with E-state index < -0.39 is 23.4 Å². The lowest BCUT2D eigenvalue weighted by Gasteiger charge is -2.29. The van der Waals surface area contributed by atoms with Crippen molar-refractivity contribution >= 4 is 37.1 Å². The molecular weight excluding hydrogens is 429 g/mol. The molecule has 1 aliphatic heterocycles. The highest BCUT2D eigenvalue weighted by Crippen LogP contribution is 2.43. The fourth-order valence-corrected chi connectivity index (χ4v) is 3.67. The van der Waals surface area contributed by atoms with E-state index in [4.69, 9.17) is 0 Å². The number of non-ortho nitro benzene ring substituents is 2. The van der Waals surface area contributed by atoms with Crippen LogP contribution in [0.4, 0.5) is 11.4 Å². The van der Waals surface area contributed by atoms with Crippen molar-refractivity contribution in [1.82, 2.24) is 4.67 Å². The Balaban J connectivity index is 1.98. The molecular formula is C19H16N3O8P. The van der Waals surface area contributed by atoms with Gasteiger partial charge in [-0.05, 0) is 47.5 Å². The Kier molecular flexibility index (Phi) is 6.23. The molecule has 31 heavy (non-hydrogen) atoms. The summed E-state index contributed by atoms with van der Waals surface area (Å²) >= 11 is 0. The third-order valence-corrected chi connectivity index (χ3v) is 5.57. The van der Waals surface area contributed by atoms with Crippen LogP contribution >= 0.6 is 7.75 Å². The number of Topliss-reactive ketones (excluding diaryl/α,β-unsaturated/α-hetero) is 1. The molecule has 0 atom stereocenters. The van der Waals surface area contributed by atoms with Crippen LogP contribution in [0.2, 0.25) is 0 Å². The van der Waals surface area contributed by atoms with Crippen molar-refractivity contribution in [3.63, 3.8) is 0 Å². The van der Waals surface area contributed by atoms with Crippen molar-refractivity contribution in [3.05, 3.63) is 91.0 Å². The average Bonchev–Trinajstić information content (AvgIpc) is 2.71. The lowest BCUT2D eigenvalue weighted by atomic mass is 9.95. The second-order valence-corrected chi connectivity index (χ2v) is 8.29. The Labute approximate surface area is 175 Å². The summed E-state index contributed by atoms with van der Waals surface area (Å²) < 4.78 is 12.7. The van der Waals surface area contributed by atoms with Gasteiger partial charge in [0, 0.05) is 48.5 Å². The maximum atomic E-state index is 12.9. The second kappa shape index (κ2) is 8.70. The van der Waals surface area contributed by atoms with Crippen LogP contribution in [0, 0.1) is 20.2 Å². The van der Waals surface area contributed by atoms with Crippen molar-refractivity contribution in [1.29, 1.82) is 0 Å². The zero-order valence-electron chi connectivity index (χ0n) is 15.8. The molecule has 0 aromatic heterocycles. The van der Waals surface area contributed by atoms with Gasteiger partial charge in [0.1, 0.15) is 0 Å². The predicted octanol–water partition coefficient (Wildman–Crippen LogP) is 2.95. The second-order valence-electron chi connectivity index (χ2n) is 6.70. The molecule has 2 N–H and O–H groups in total. The molecule has 3 rings (SSSR count). The lowest BCUT2D eigenvalue weighted by Crippen LogP contribution is -2.35. The lowest BCUT2D eigenvalue weighted by molar-refractivity contribution is -0.385. The van der Waals surface area contributed by atoms with Crippen molar-refractivity contribution < 1.29 is 29.0 Å². The number of nitrogens with zero attached hydrogens (tertiary/aromatic N) is 3. The molecule has 1 aliphatic rings. The van der Waals surface area contributed by atoms with Crippen LogP contribution in [0.25, 0.3) is 12.2 Å². The van der Waals surface area contributed by atoms with E-state index in [0.717, 1.165) is 4.67 Å². The fraction of sp³-hybridized carbons (Fsp3) is 0.105. The van der Waals surface area contributed by atoms with Crippen molar-refractivity contribution in [2.24, 2.45) is 0 Å². The van der Waals surface area contributed by atoms with E-state index >= 15 is 0 Å². The molecule has 1 fully saturated rings. The minimum Gasteiger partial charge on any atom is -0.312 e. The quantitative estimate of drug-likeness (QED) is 0.305. The molecule has 0 aliphatic carbocycles. The maximum Gasteiger partial charge on any atom is 0.403 e. The van der Waals surface area contributed by atoms with Crippen LogP contribution in [0.3, 0.4) is 0 Å². The van der Waals surface area contributed by atoms with Gasteiger partial charge >= 0.3 is 7.75 Å². The smallest absolute Gasteiger partial charge is 0.312 e. The monoisotopic (exact) mass is 445 g/mol. The summed E-state index contributed by atoms with van der Waals surface area (Å²) in [5.41, 5.74) is 0.834. The molecule has 0 bridgehead atoms. The van der Waals surface area contributed by atoms with Crippen molar-refractivity contribution in [2.75, 3.05) is 13.1 Å². The highest BCUT2D eigenvalue weighted by Gasteiger charge is 2.35. The zero-order valence-corrected chi connectivity index (χ0v) is 16.7. The molecule has 1 saturated heterocycles. The first-order chi connectivity index (χ1) is 14.5. The standard InChI is InChI=1S/C19H16N3O8P/c23-19-15(9-13-1-5-17(6-2-13)21(24)25)11-20(31(28,29)30)12-16(19)10-14-3-7-18(8-4-14)22(26)27/h1-10H,11-12H2,(H2,28,29,30)/b15-9+,16-10+. The Bertz CT molecular complexity index is 1070. The van der Waals surface area contributed by atoms with Gasteiger partial charge in [-0.1, -0.05) is 0 Å². The number of benzene rings is 2. The van der Waals surface area contributed by atoms with E-state index in [-0.39, 0.29) is 35.6 Å². The molecule has 0 radical (unpaired) electrons. The van der Waals surface area contributed by atoms with Gasteiger partial charge in [-0.2, -0.15) is 4.67 Å². The van der Waals surface area contributed by atoms with E-state index in [1.54, 1.807) is 0 Å². The zero-order chi connectivity index (χ0) is 22.8. The molecule has 160 valence electrons. The number of hydrogen-bond acceptors (Lipinski definition) is 6. The first-order valence-corrected chi connectivity index (χ1v) is 10.4. The summed E-state index contributed by atoms with van der Waals surface area (Å²) in [6.45, 7) is -0.616. The number of hydrogen-bond donors (Lipinski definition) is 2. The van der Waals surface area contributed by atoms with E-state index in [1.807, 2.05) is 0 Å². The molecule has 0 unspecified atom stereocenters. The highest BCUT2D eigenvalue weighted by molar-refractivity contribution is 7.49. The molecule has 1 heterocycles. The van der Waals surface area contributed by atoms with Crippen LogP contribution in [-0.4, -0.2) is 43.2 Å². The van der Waals surface area contributed by atoms with Crippen molar-refractivity contribution in [3.8, 4) is 0 Å². The van der Waals surface area contributed by atoms with Gasteiger partial charge in [0.05, 0.1) is 9.85 Å². The number of piperidine rings is 1. The number of nitro benzene ring substituents is 2. The third kappa shape index (κ3) is 5.36. The molecule has 12 heteroatoms. The maximum absolute atomic E-state index is 12.9. The Morgan fingerprint density at radius 3 is 1.45 bits per heavy atom. The fourth-order valence-electron chi connectivity index (χ4n) is 2.99. The first kappa shape index (κ1) is 22.2. The number of carbonyl (C=O) groups is 1. The Hall–Kier alpha value is -3.50. The number of nitro groups is 2. The normalized spacial score (nSPS) is 17.8. The number of carbonyl (C=O) groups excluding carboxylic acids is 1. The van der Waals surface area contributed by atoms with Crippen LogP contribution < -0.4 is 0 Å². The van der Waals surface area contributed by atoms with Gasteiger partial charge in [0.25, 0.3) is 11.4 Å². The van der Waals surface area contributed by atoms with Crippen LogP contribution in [-0.2, 0) is 9.36 Å². The molecule has 0 saturated carbocycles. The van der Waals surface area contributed by atoms with Crippen molar-refractivity contribution in [2.45, 2.75) is 0 Å². The van der Waals surface area contributed by atoms with Gasteiger partial charge in [0.2, 0.25) is 0 Å². The van der Waals surface area contributed by atoms with Gasteiger partial charge < -0.3 is 9.79 Å². The predicted molar refractivity (Wildman–Crippen MR) is 111 cm³/mol. The molecule has 0 spiro atoms. The van der Waals surface area contributed by atoms with Gasteiger partial charge in [0.15, 0.2) is 5.78 Å². The minimum absolute atomic E-state index is 0.0941. The van der Waals surface area contributed by atoms with E-state index in [2.05, 4.69) is 0 Å². The summed E-state index contributed by atoms with van der Waals surface area (Å²) in [6, 6.07) is 10.7. The SMILES string of the molecule is O=C1/C(=C/c2ccc([N+](=O)[O-])cc2)CN(P(=O)(O)O)C/C1=C\c1ccc([N+](=O)[O-])cc1. The Morgan fingerprint density at radius 1 is 0.806 bits per heavy atom. The summed E-state index contributed by atoms with van der Waals surface area (Å²) in [7, 11) is -4.67. The third-order valence-electron chi connectivity index (χ3n) is 4.55. The largest absolute Gasteiger partial charge is 0.403 e. The molecule has 2 aromatic carbocycles. The van der Waals surface area contributed by atoms with Gasteiger partial charge in [-0.15, -0.1) is 0 Å². The summed E-state index contributed by atoms with van der Waals surface area (Å²) in [4.78, 5) is 52.6. The summed E-state index contributed by atoms with van der Waals surface area (Å²) in [5.74, 6) is -0.443. The molecule has 0 amide bonds. The summed E-state index contributed by atoms with van der Waals surface area (Å²) in [5, 5.41) is 21.6. The van der Waals surface area contributed by atoms with E-state index in [1.165, 1.54) is 60.7 Å². The number of ketones is 1. The highest BCUT2D eigenvalue weighted by atomic mass is 31.2.